The van der Waals surface area contributed by atoms with Crippen molar-refractivity contribution >= 4 is 35.0 Å². The zero-order chi connectivity index (χ0) is 16.7. The zero-order valence-electron chi connectivity index (χ0n) is 12.2. The summed E-state index contributed by atoms with van der Waals surface area (Å²) in [5.74, 6) is 0. The van der Waals surface area contributed by atoms with Crippen molar-refractivity contribution in [1.29, 1.82) is 10.5 Å². The number of nitrogens with zero attached hydrogens (tertiary/aromatic N) is 2. The van der Waals surface area contributed by atoms with E-state index in [9.17, 15) is 10.5 Å². The van der Waals surface area contributed by atoms with E-state index >= 15 is 0 Å². The third-order valence-electron chi connectivity index (χ3n) is 3.96. The molecule has 2 N–H and O–H groups in total. The smallest absolute Gasteiger partial charge is 0.102 e. The fourth-order valence-corrected chi connectivity index (χ4v) is 3.49. The van der Waals surface area contributed by atoms with Crippen molar-refractivity contribution in [3.8, 4) is 23.3 Å². The zero-order valence-corrected chi connectivity index (χ0v) is 13.8. The van der Waals surface area contributed by atoms with Crippen molar-refractivity contribution < 1.29 is 0 Å². The third kappa shape index (κ3) is 2.35. The second-order valence-corrected chi connectivity index (χ2v) is 6.29. The SMILES string of the molecule is CC1=Cc2c(C#N)c(N)c(C#N)c(-c3ccc(Cl)cc3Cl)c2C1. The highest BCUT2D eigenvalue weighted by atomic mass is 35.5. The topological polar surface area (TPSA) is 73.6 Å². The van der Waals surface area contributed by atoms with Crippen LogP contribution in [-0.4, -0.2) is 0 Å². The predicted molar refractivity (Wildman–Crippen MR) is 93.1 cm³/mol. The summed E-state index contributed by atoms with van der Waals surface area (Å²) in [6.45, 7) is 1.98. The van der Waals surface area contributed by atoms with Gasteiger partial charge in [-0.15, -0.1) is 0 Å². The van der Waals surface area contributed by atoms with E-state index in [0.717, 1.165) is 16.7 Å². The third-order valence-corrected chi connectivity index (χ3v) is 4.50. The molecule has 0 aromatic heterocycles. The van der Waals surface area contributed by atoms with Gasteiger partial charge in [0.1, 0.15) is 12.1 Å². The minimum absolute atomic E-state index is 0.195. The molecule has 112 valence electrons. The second-order valence-electron chi connectivity index (χ2n) is 5.45. The molecule has 2 aromatic rings. The van der Waals surface area contributed by atoms with Gasteiger partial charge in [-0.25, -0.2) is 0 Å². The fraction of sp³-hybridized carbons (Fsp3) is 0.111. The van der Waals surface area contributed by atoms with Gasteiger partial charge in [0, 0.05) is 21.2 Å². The van der Waals surface area contributed by atoms with Crippen molar-refractivity contribution in [3.05, 3.63) is 56.1 Å². The monoisotopic (exact) mass is 339 g/mol. The number of hydrogen-bond donors (Lipinski definition) is 1. The van der Waals surface area contributed by atoms with Crippen LogP contribution in [0.15, 0.2) is 23.8 Å². The quantitative estimate of drug-likeness (QED) is 0.747. The second kappa shape index (κ2) is 5.63. The van der Waals surface area contributed by atoms with Crippen molar-refractivity contribution in [2.75, 3.05) is 5.73 Å². The lowest BCUT2D eigenvalue weighted by Gasteiger charge is -2.16. The van der Waals surface area contributed by atoms with Crippen LogP contribution >= 0.6 is 23.2 Å². The van der Waals surface area contributed by atoms with Crippen LogP contribution in [0.4, 0.5) is 5.69 Å². The van der Waals surface area contributed by atoms with Gasteiger partial charge in [0.05, 0.1) is 16.8 Å². The molecule has 0 atom stereocenters. The molecule has 0 spiro atoms. The lowest BCUT2D eigenvalue weighted by molar-refractivity contribution is 1.19. The van der Waals surface area contributed by atoms with E-state index in [4.69, 9.17) is 28.9 Å². The van der Waals surface area contributed by atoms with Gasteiger partial charge in [-0.05, 0) is 36.6 Å². The van der Waals surface area contributed by atoms with Crippen molar-refractivity contribution in [1.82, 2.24) is 0 Å². The van der Waals surface area contributed by atoms with Gasteiger partial charge in [0.15, 0.2) is 0 Å². The number of allylic oxidation sites excluding steroid dienone is 1. The number of anilines is 1. The molecule has 0 radical (unpaired) electrons. The molecule has 0 aliphatic heterocycles. The summed E-state index contributed by atoms with van der Waals surface area (Å²) >= 11 is 12.3. The van der Waals surface area contributed by atoms with E-state index in [1.54, 1.807) is 18.2 Å². The minimum Gasteiger partial charge on any atom is -0.397 e. The van der Waals surface area contributed by atoms with Gasteiger partial charge in [-0.2, -0.15) is 10.5 Å². The average molecular weight is 340 g/mol. The van der Waals surface area contributed by atoms with Crippen molar-refractivity contribution in [2.24, 2.45) is 0 Å². The normalized spacial score (nSPS) is 12.3. The highest BCUT2D eigenvalue weighted by Crippen LogP contribution is 2.44. The maximum absolute atomic E-state index is 9.60. The summed E-state index contributed by atoms with van der Waals surface area (Å²) in [6.07, 6.45) is 2.60. The lowest BCUT2D eigenvalue weighted by Crippen LogP contribution is -2.04. The molecule has 5 heteroatoms. The van der Waals surface area contributed by atoms with Crippen LogP contribution in [0, 0.1) is 22.7 Å². The molecule has 3 nitrogen and oxygen atoms in total. The van der Waals surface area contributed by atoms with Crippen LogP contribution in [0.25, 0.3) is 17.2 Å². The molecule has 0 heterocycles. The van der Waals surface area contributed by atoms with Gasteiger partial charge in [0.2, 0.25) is 0 Å². The van der Waals surface area contributed by atoms with E-state index in [2.05, 4.69) is 12.1 Å². The van der Waals surface area contributed by atoms with Crippen LogP contribution in [-0.2, 0) is 6.42 Å². The number of fused-ring (bicyclic) bond motifs is 1. The molecule has 2 aromatic carbocycles. The van der Waals surface area contributed by atoms with Gasteiger partial charge in [-0.1, -0.05) is 40.9 Å². The first-order valence-corrected chi connectivity index (χ1v) is 7.64. The van der Waals surface area contributed by atoms with Crippen LogP contribution in [0.5, 0.6) is 0 Å². The number of rotatable bonds is 1. The summed E-state index contributed by atoms with van der Waals surface area (Å²) in [7, 11) is 0. The largest absolute Gasteiger partial charge is 0.397 e. The minimum atomic E-state index is 0.195. The summed E-state index contributed by atoms with van der Waals surface area (Å²) in [6, 6.07) is 9.39. The molecular formula is C18H11Cl2N3. The van der Waals surface area contributed by atoms with Crippen LogP contribution in [0.2, 0.25) is 10.0 Å². The maximum atomic E-state index is 9.60. The first kappa shape index (κ1) is 15.4. The Morgan fingerprint density at radius 3 is 2.43 bits per heavy atom. The van der Waals surface area contributed by atoms with Crippen LogP contribution in [0.1, 0.15) is 29.2 Å². The number of nitriles is 2. The highest BCUT2D eigenvalue weighted by Gasteiger charge is 2.26. The van der Waals surface area contributed by atoms with E-state index in [0.29, 0.717) is 33.2 Å². The Morgan fingerprint density at radius 1 is 1.13 bits per heavy atom. The van der Waals surface area contributed by atoms with Crippen molar-refractivity contribution in [2.45, 2.75) is 13.3 Å². The molecule has 0 saturated carbocycles. The Morgan fingerprint density at radius 2 is 1.83 bits per heavy atom. The Labute approximate surface area is 144 Å². The van der Waals surface area contributed by atoms with Crippen molar-refractivity contribution in [3.63, 3.8) is 0 Å². The molecule has 0 unspecified atom stereocenters. The van der Waals surface area contributed by atoms with Gasteiger partial charge in [-0.3, -0.25) is 0 Å². The summed E-state index contributed by atoms with van der Waals surface area (Å²) in [4.78, 5) is 0. The lowest BCUT2D eigenvalue weighted by atomic mass is 9.87. The maximum Gasteiger partial charge on any atom is 0.102 e. The molecule has 0 saturated heterocycles. The summed E-state index contributed by atoms with van der Waals surface area (Å²) < 4.78 is 0. The Bertz CT molecular complexity index is 960. The number of halogens is 2. The molecule has 23 heavy (non-hydrogen) atoms. The fourth-order valence-electron chi connectivity index (χ4n) is 2.99. The van der Waals surface area contributed by atoms with Gasteiger partial charge >= 0.3 is 0 Å². The molecule has 3 rings (SSSR count). The van der Waals surface area contributed by atoms with E-state index in [-0.39, 0.29) is 11.3 Å². The van der Waals surface area contributed by atoms with E-state index in [1.807, 2.05) is 13.0 Å². The molecular weight excluding hydrogens is 329 g/mol. The van der Waals surface area contributed by atoms with E-state index < -0.39 is 0 Å². The molecule has 0 bridgehead atoms. The van der Waals surface area contributed by atoms with Gasteiger partial charge in [0.25, 0.3) is 0 Å². The molecule has 1 aliphatic carbocycles. The molecule has 0 fully saturated rings. The standard InChI is InChI=1S/C18H11Cl2N3/c1-9-4-12-13(5-9)17(11-3-2-10(19)6-16(11)20)15(8-22)18(23)14(12)7-21/h2-4,6H,5,23H2,1H3. The Kier molecular flexibility index (Phi) is 3.78. The summed E-state index contributed by atoms with van der Waals surface area (Å²) in [5.41, 5.74) is 11.1. The number of nitrogens with two attached hydrogens (primary N) is 1. The predicted octanol–water partition coefficient (Wildman–Crippen LogP) is 4.95. The molecule has 1 aliphatic rings. The number of nitrogen functional groups attached to an aromatic ring is 1. The average Bonchev–Trinajstić information content (AvgIpc) is 2.87. The number of hydrogen-bond acceptors (Lipinski definition) is 3. The van der Waals surface area contributed by atoms with Gasteiger partial charge < -0.3 is 5.73 Å². The first-order valence-electron chi connectivity index (χ1n) is 6.89. The summed E-state index contributed by atoms with van der Waals surface area (Å²) in [5, 5.41) is 20.0. The van der Waals surface area contributed by atoms with Crippen LogP contribution < -0.4 is 5.73 Å². The first-order chi connectivity index (χ1) is 11.0. The number of benzene rings is 2. The Balaban J connectivity index is 2.45. The van der Waals surface area contributed by atoms with Crippen LogP contribution in [0.3, 0.4) is 0 Å². The Hall–Kier alpha value is -2.46. The van der Waals surface area contributed by atoms with E-state index in [1.165, 1.54) is 0 Å². The highest BCUT2D eigenvalue weighted by molar-refractivity contribution is 6.36. The molecule has 0 amide bonds.